The molecule has 2 N–H and O–H groups in total. The Hall–Kier alpha value is -0.770. The van der Waals surface area contributed by atoms with Crippen LogP contribution in [-0.2, 0) is 4.79 Å². The maximum atomic E-state index is 10.7. The van der Waals surface area contributed by atoms with Crippen molar-refractivity contribution in [2.45, 2.75) is 12.3 Å². The number of halogens is 2. The number of benzene rings is 1. The van der Waals surface area contributed by atoms with Crippen molar-refractivity contribution in [3.8, 4) is 0 Å². The molecule has 0 aromatic heterocycles. The molecule has 0 radical (unpaired) electrons. The van der Waals surface area contributed by atoms with Gasteiger partial charge in [0.25, 0.3) is 0 Å². The number of rotatable bonds is 5. The van der Waals surface area contributed by atoms with Gasteiger partial charge in [-0.2, -0.15) is 0 Å². The van der Waals surface area contributed by atoms with E-state index in [1.807, 2.05) is 0 Å². The normalized spacial score (nSPS) is 12.4. The lowest BCUT2D eigenvalue weighted by Crippen LogP contribution is -2.19. The summed E-state index contributed by atoms with van der Waals surface area (Å²) in [5, 5.41) is 12.7. The molecule has 0 bridgehead atoms. The molecule has 0 fully saturated rings. The van der Waals surface area contributed by atoms with E-state index < -0.39 is 5.97 Å². The third-order valence-corrected chi connectivity index (χ3v) is 3.03. The maximum Gasteiger partial charge on any atom is 0.304 e. The molecule has 1 rings (SSSR count). The van der Waals surface area contributed by atoms with Crippen LogP contribution in [0.5, 0.6) is 0 Å². The molecule has 0 spiro atoms. The van der Waals surface area contributed by atoms with Crippen LogP contribution >= 0.6 is 23.2 Å². The van der Waals surface area contributed by atoms with Gasteiger partial charge in [-0.15, -0.1) is 0 Å². The fraction of sp³-hybridized carbons (Fsp3) is 0.364. The standard InChI is InChI=1S/C11H13Cl2NO2/c1-14-6-8(5-11(15)16)7-2-3-9(12)10(13)4-7/h2-4,8,14H,5-6H2,1H3,(H,15,16). The van der Waals surface area contributed by atoms with Crippen molar-refractivity contribution in [2.24, 2.45) is 0 Å². The first kappa shape index (κ1) is 13.3. The minimum absolute atomic E-state index is 0.0683. The van der Waals surface area contributed by atoms with Crippen molar-refractivity contribution in [1.29, 1.82) is 0 Å². The SMILES string of the molecule is CNCC(CC(=O)O)c1ccc(Cl)c(Cl)c1. The van der Waals surface area contributed by atoms with Gasteiger partial charge in [-0.3, -0.25) is 4.79 Å². The highest BCUT2D eigenvalue weighted by atomic mass is 35.5. The number of carbonyl (C=O) groups is 1. The van der Waals surface area contributed by atoms with Crippen LogP contribution in [0.1, 0.15) is 17.9 Å². The molecule has 1 aromatic rings. The Labute approximate surface area is 104 Å². The van der Waals surface area contributed by atoms with Gasteiger partial charge in [0.15, 0.2) is 0 Å². The molecule has 1 unspecified atom stereocenters. The van der Waals surface area contributed by atoms with Crippen molar-refractivity contribution in [3.63, 3.8) is 0 Å². The van der Waals surface area contributed by atoms with E-state index >= 15 is 0 Å². The summed E-state index contributed by atoms with van der Waals surface area (Å²) in [6.45, 7) is 0.588. The summed E-state index contributed by atoms with van der Waals surface area (Å²) in [7, 11) is 1.78. The minimum atomic E-state index is -0.827. The zero-order valence-corrected chi connectivity index (χ0v) is 10.3. The lowest BCUT2D eigenvalue weighted by atomic mass is 9.96. The lowest BCUT2D eigenvalue weighted by molar-refractivity contribution is -0.137. The Balaban J connectivity index is 2.91. The molecule has 0 aliphatic heterocycles. The van der Waals surface area contributed by atoms with Crippen LogP contribution in [0.25, 0.3) is 0 Å². The predicted molar refractivity (Wildman–Crippen MR) is 65.4 cm³/mol. The third kappa shape index (κ3) is 3.67. The van der Waals surface area contributed by atoms with E-state index in [1.54, 1.807) is 25.2 Å². The fourth-order valence-electron chi connectivity index (χ4n) is 1.53. The monoisotopic (exact) mass is 261 g/mol. The second-order valence-electron chi connectivity index (χ2n) is 3.53. The molecule has 1 aromatic carbocycles. The van der Waals surface area contributed by atoms with Crippen LogP contribution < -0.4 is 5.32 Å². The van der Waals surface area contributed by atoms with Crippen LogP contribution in [0.15, 0.2) is 18.2 Å². The molecule has 0 amide bonds. The molecule has 1 atom stereocenters. The lowest BCUT2D eigenvalue weighted by Gasteiger charge is -2.15. The zero-order valence-electron chi connectivity index (χ0n) is 8.84. The van der Waals surface area contributed by atoms with Crippen molar-refractivity contribution in [3.05, 3.63) is 33.8 Å². The van der Waals surface area contributed by atoms with Crippen LogP contribution in [-0.4, -0.2) is 24.7 Å². The molecular formula is C11H13Cl2NO2. The van der Waals surface area contributed by atoms with Crippen LogP contribution in [0.2, 0.25) is 10.0 Å². The van der Waals surface area contributed by atoms with Gasteiger partial charge in [0.1, 0.15) is 0 Å². The topological polar surface area (TPSA) is 49.3 Å². The predicted octanol–water partition coefficient (Wildman–Crippen LogP) is 2.77. The number of hydrogen-bond donors (Lipinski definition) is 2. The molecule has 16 heavy (non-hydrogen) atoms. The Bertz CT molecular complexity index is 382. The molecule has 0 aliphatic rings. The third-order valence-electron chi connectivity index (χ3n) is 2.29. The number of nitrogens with one attached hydrogen (secondary N) is 1. The average molecular weight is 262 g/mol. The summed E-state index contributed by atoms with van der Waals surface area (Å²) in [4.78, 5) is 10.7. The van der Waals surface area contributed by atoms with Gasteiger partial charge in [0, 0.05) is 12.5 Å². The zero-order chi connectivity index (χ0) is 12.1. The minimum Gasteiger partial charge on any atom is -0.481 e. The number of carboxylic acids is 1. The molecule has 0 aliphatic carbocycles. The van der Waals surface area contributed by atoms with Gasteiger partial charge in [0.05, 0.1) is 16.5 Å². The van der Waals surface area contributed by atoms with E-state index in [1.165, 1.54) is 0 Å². The summed E-state index contributed by atoms with van der Waals surface area (Å²) < 4.78 is 0. The van der Waals surface area contributed by atoms with Crippen molar-refractivity contribution in [1.82, 2.24) is 5.32 Å². The van der Waals surface area contributed by atoms with Gasteiger partial charge in [0.2, 0.25) is 0 Å². The number of aliphatic carboxylic acids is 1. The summed E-state index contributed by atoms with van der Waals surface area (Å²) >= 11 is 11.7. The van der Waals surface area contributed by atoms with Gasteiger partial charge in [-0.25, -0.2) is 0 Å². The Morgan fingerprint density at radius 3 is 2.62 bits per heavy atom. The van der Waals surface area contributed by atoms with Crippen molar-refractivity contribution < 1.29 is 9.90 Å². The molecule has 0 saturated heterocycles. The van der Waals surface area contributed by atoms with E-state index in [4.69, 9.17) is 28.3 Å². The molecule has 88 valence electrons. The highest BCUT2D eigenvalue weighted by Crippen LogP contribution is 2.27. The number of hydrogen-bond acceptors (Lipinski definition) is 2. The highest BCUT2D eigenvalue weighted by Gasteiger charge is 2.15. The van der Waals surface area contributed by atoms with E-state index in [0.29, 0.717) is 16.6 Å². The maximum absolute atomic E-state index is 10.7. The highest BCUT2D eigenvalue weighted by molar-refractivity contribution is 6.42. The van der Waals surface area contributed by atoms with Gasteiger partial charge >= 0.3 is 5.97 Å². The summed E-state index contributed by atoms with van der Waals surface area (Å²) in [6.07, 6.45) is 0.0683. The van der Waals surface area contributed by atoms with Crippen LogP contribution in [0.3, 0.4) is 0 Å². The van der Waals surface area contributed by atoms with Crippen molar-refractivity contribution >= 4 is 29.2 Å². The molecule has 0 saturated carbocycles. The van der Waals surface area contributed by atoms with Crippen LogP contribution in [0, 0.1) is 0 Å². The Kier molecular flexibility index (Phi) is 5.06. The fourth-order valence-corrected chi connectivity index (χ4v) is 1.84. The van der Waals surface area contributed by atoms with E-state index in [-0.39, 0.29) is 12.3 Å². The second-order valence-corrected chi connectivity index (χ2v) is 4.34. The van der Waals surface area contributed by atoms with Gasteiger partial charge in [-0.1, -0.05) is 29.3 Å². The number of likely N-dealkylation sites (N-methyl/N-ethyl adjacent to an activating group) is 1. The summed E-state index contributed by atoms with van der Waals surface area (Å²) in [5.74, 6) is -0.927. The molecule has 5 heteroatoms. The Morgan fingerprint density at radius 1 is 1.44 bits per heavy atom. The quantitative estimate of drug-likeness (QED) is 0.857. The van der Waals surface area contributed by atoms with Gasteiger partial charge < -0.3 is 10.4 Å². The van der Waals surface area contributed by atoms with E-state index in [0.717, 1.165) is 5.56 Å². The Morgan fingerprint density at radius 2 is 2.12 bits per heavy atom. The number of carboxylic acid groups (broad SMARTS) is 1. The average Bonchev–Trinajstić information content (AvgIpc) is 2.21. The first-order valence-electron chi connectivity index (χ1n) is 4.86. The largest absolute Gasteiger partial charge is 0.481 e. The second kappa shape index (κ2) is 6.09. The van der Waals surface area contributed by atoms with E-state index in [2.05, 4.69) is 5.32 Å². The van der Waals surface area contributed by atoms with Gasteiger partial charge in [-0.05, 0) is 24.7 Å². The summed E-state index contributed by atoms with van der Waals surface area (Å²) in [6, 6.07) is 5.21. The molecule has 3 nitrogen and oxygen atoms in total. The molecule has 0 heterocycles. The first-order chi connectivity index (χ1) is 7.54. The van der Waals surface area contributed by atoms with Crippen molar-refractivity contribution in [2.75, 3.05) is 13.6 Å². The summed E-state index contributed by atoms with van der Waals surface area (Å²) in [5.41, 5.74) is 0.881. The van der Waals surface area contributed by atoms with E-state index in [9.17, 15) is 4.79 Å². The van der Waals surface area contributed by atoms with Crippen LogP contribution in [0.4, 0.5) is 0 Å². The first-order valence-corrected chi connectivity index (χ1v) is 5.61. The smallest absolute Gasteiger partial charge is 0.304 e. The molecular weight excluding hydrogens is 249 g/mol.